The van der Waals surface area contributed by atoms with Gasteiger partial charge in [0.2, 0.25) is 5.91 Å². The first kappa shape index (κ1) is 11.8. The second-order valence-corrected chi connectivity index (χ2v) is 4.27. The number of carbonyl (C=O) groups is 2. The topological polar surface area (TPSA) is 61.8 Å². The van der Waals surface area contributed by atoms with Crippen molar-refractivity contribution in [2.24, 2.45) is 11.0 Å². The van der Waals surface area contributed by atoms with Crippen molar-refractivity contribution in [3.05, 3.63) is 30.3 Å². The van der Waals surface area contributed by atoms with Gasteiger partial charge in [-0.05, 0) is 12.1 Å². The lowest BCUT2D eigenvalue weighted by Crippen LogP contribution is -2.36. The van der Waals surface area contributed by atoms with Crippen molar-refractivity contribution in [3.63, 3.8) is 0 Å². The number of amides is 2. The summed E-state index contributed by atoms with van der Waals surface area (Å²) in [6.45, 7) is 0. The third-order valence-electron chi connectivity index (χ3n) is 3.20. The number of carbonyl (C=O) groups excluding carboxylic acids is 2. The van der Waals surface area contributed by atoms with E-state index >= 15 is 0 Å². The van der Waals surface area contributed by atoms with Crippen LogP contribution in [0.5, 0.6) is 0 Å². The number of fused-ring (bicyclic) bond motifs is 1. The highest BCUT2D eigenvalue weighted by Crippen LogP contribution is 2.31. The molecule has 2 aliphatic heterocycles. The molecule has 3 rings (SSSR count). The average molecular weight is 265 g/mol. The van der Waals surface area contributed by atoms with Crippen LogP contribution in [0, 0.1) is 5.92 Å². The molecule has 2 amide bonds. The Morgan fingerprint density at radius 3 is 2.47 bits per heavy atom. The van der Waals surface area contributed by atoms with Crippen LogP contribution in [-0.2, 0) is 9.59 Å². The van der Waals surface area contributed by atoms with Crippen LogP contribution in [0.25, 0.3) is 0 Å². The quantitative estimate of drug-likeness (QED) is 0.803. The predicted molar refractivity (Wildman–Crippen MR) is 62.8 cm³/mol. The van der Waals surface area contributed by atoms with Gasteiger partial charge in [0.05, 0.1) is 5.69 Å². The van der Waals surface area contributed by atoms with Crippen LogP contribution in [0.15, 0.2) is 35.4 Å². The van der Waals surface area contributed by atoms with Crippen LogP contribution >= 0.6 is 0 Å². The number of hydrogen-bond acceptors (Lipinski definition) is 4. The van der Waals surface area contributed by atoms with Crippen molar-refractivity contribution in [2.45, 2.75) is 12.5 Å². The van der Waals surface area contributed by atoms with Gasteiger partial charge in [0.25, 0.3) is 12.3 Å². The normalized spacial score (nSPS) is 25.6. The largest absolute Gasteiger partial charge is 0.296 e. The standard InChI is InChI=1S/C12H9F2N3O2/c13-10(14)8-7-9(16-15-8)12(19)17(11(7)18)6-4-2-1-3-5-6/h1-5,7,9-10,16H. The van der Waals surface area contributed by atoms with E-state index in [1.807, 2.05) is 0 Å². The number of nitrogens with zero attached hydrogens (tertiary/aromatic N) is 2. The van der Waals surface area contributed by atoms with E-state index < -0.39 is 35.9 Å². The van der Waals surface area contributed by atoms with Crippen LogP contribution in [0.4, 0.5) is 14.5 Å². The lowest BCUT2D eigenvalue weighted by molar-refractivity contribution is -0.122. The molecule has 0 aliphatic carbocycles. The Kier molecular flexibility index (Phi) is 2.55. The fraction of sp³-hybridized carbons (Fsp3) is 0.250. The molecular weight excluding hydrogens is 256 g/mol. The number of rotatable bonds is 2. The Hall–Kier alpha value is -2.31. The van der Waals surface area contributed by atoms with Crippen LogP contribution in [0.2, 0.25) is 0 Å². The number of para-hydroxylation sites is 1. The molecule has 2 aliphatic rings. The lowest BCUT2D eigenvalue weighted by Gasteiger charge is -2.15. The maximum Gasteiger partial charge on any atom is 0.279 e. The number of halogens is 2. The third kappa shape index (κ3) is 1.61. The lowest BCUT2D eigenvalue weighted by atomic mass is 9.99. The van der Waals surface area contributed by atoms with E-state index in [0.717, 1.165) is 4.90 Å². The molecule has 2 atom stereocenters. The summed E-state index contributed by atoms with van der Waals surface area (Å²) >= 11 is 0. The molecule has 1 N–H and O–H groups in total. The van der Waals surface area contributed by atoms with Crippen molar-refractivity contribution in [1.29, 1.82) is 0 Å². The van der Waals surface area contributed by atoms with Gasteiger partial charge in [-0.1, -0.05) is 18.2 Å². The second-order valence-electron chi connectivity index (χ2n) is 4.27. The van der Waals surface area contributed by atoms with E-state index in [1.165, 1.54) is 0 Å². The molecule has 2 unspecified atom stereocenters. The average Bonchev–Trinajstić information content (AvgIpc) is 2.93. The number of alkyl halides is 2. The number of hydrogen-bond donors (Lipinski definition) is 1. The summed E-state index contributed by atoms with van der Waals surface area (Å²) in [6, 6.07) is 7.21. The molecule has 0 radical (unpaired) electrons. The first-order valence-corrected chi connectivity index (χ1v) is 5.65. The number of nitrogens with one attached hydrogen (secondary N) is 1. The van der Waals surface area contributed by atoms with Gasteiger partial charge in [0, 0.05) is 0 Å². The molecular formula is C12H9F2N3O2. The van der Waals surface area contributed by atoms with Gasteiger partial charge in [-0.2, -0.15) is 5.10 Å². The smallest absolute Gasteiger partial charge is 0.279 e. The molecule has 0 bridgehead atoms. The Bertz CT molecular complexity index is 574. The van der Waals surface area contributed by atoms with Crippen LogP contribution < -0.4 is 10.3 Å². The molecule has 0 spiro atoms. The van der Waals surface area contributed by atoms with Crippen molar-refractivity contribution < 1.29 is 18.4 Å². The fourth-order valence-electron chi connectivity index (χ4n) is 2.33. The Balaban J connectivity index is 1.98. The Morgan fingerprint density at radius 2 is 1.84 bits per heavy atom. The van der Waals surface area contributed by atoms with E-state index in [0.29, 0.717) is 5.69 Å². The first-order valence-electron chi connectivity index (χ1n) is 5.65. The zero-order valence-corrected chi connectivity index (χ0v) is 9.59. The Labute approximate surface area is 106 Å². The van der Waals surface area contributed by atoms with Crippen molar-refractivity contribution in [3.8, 4) is 0 Å². The zero-order valence-electron chi connectivity index (χ0n) is 9.59. The van der Waals surface area contributed by atoms with E-state index in [1.54, 1.807) is 30.3 Å². The molecule has 19 heavy (non-hydrogen) atoms. The third-order valence-corrected chi connectivity index (χ3v) is 3.20. The van der Waals surface area contributed by atoms with Gasteiger partial charge in [0.1, 0.15) is 17.7 Å². The highest BCUT2D eigenvalue weighted by Gasteiger charge is 2.55. The molecule has 1 saturated heterocycles. The SMILES string of the molecule is O=C1C2NN=C(C(F)F)C2C(=O)N1c1ccccc1. The fourth-order valence-corrected chi connectivity index (χ4v) is 2.33. The molecule has 5 nitrogen and oxygen atoms in total. The summed E-state index contributed by atoms with van der Waals surface area (Å²) in [6.07, 6.45) is -2.85. The van der Waals surface area contributed by atoms with E-state index in [4.69, 9.17) is 0 Å². The summed E-state index contributed by atoms with van der Waals surface area (Å²) in [7, 11) is 0. The van der Waals surface area contributed by atoms with Crippen molar-refractivity contribution in [2.75, 3.05) is 4.90 Å². The highest BCUT2D eigenvalue weighted by molar-refractivity contribution is 6.31. The zero-order chi connectivity index (χ0) is 13.6. The summed E-state index contributed by atoms with van der Waals surface area (Å²) in [5.41, 5.74) is 2.14. The molecule has 7 heteroatoms. The summed E-state index contributed by atoms with van der Waals surface area (Å²) in [5, 5.41) is 3.40. The number of imide groups is 1. The van der Waals surface area contributed by atoms with E-state index in [2.05, 4.69) is 10.5 Å². The molecule has 98 valence electrons. The van der Waals surface area contributed by atoms with E-state index in [9.17, 15) is 18.4 Å². The highest BCUT2D eigenvalue weighted by atomic mass is 19.3. The van der Waals surface area contributed by atoms with Crippen molar-refractivity contribution >= 4 is 23.2 Å². The first-order chi connectivity index (χ1) is 9.11. The number of benzene rings is 1. The van der Waals surface area contributed by atoms with Crippen LogP contribution in [0.1, 0.15) is 0 Å². The minimum absolute atomic E-state index is 0.377. The van der Waals surface area contributed by atoms with Gasteiger partial charge in [-0.3, -0.25) is 15.0 Å². The minimum Gasteiger partial charge on any atom is -0.296 e. The molecule has 1 fully saturated rings. The molecule has 1 aromatic rings. The summed E-state index contributed by atoms with van der Waals surface area (Å²) in [5.74, 6) is -2.42. The number of hydrazone groups is 1. The van der Waals surface area contributed by atoms with Gasteiger partial charge in [0.15, 0.2) is 0 Å². The summed E-state index contributed by atoms with van der Waals surface area (Å²) in [4.78, 5) is 25.2. The van der Waals surface area contributed by atoms with Gasteiger partial charge in [-0.15, -0.1) is 0 Å². The van der Waals surface area contributed by atoms with Gasteiger partial charge >= 0.3 is 0 Å². The van der Waals surface area contributed by atoms with E-state index in [-0.39, 0.29) is 0 Å². The van der Waals surface area contributed by atoms with Gasteiger partial charge < -0.3 is 0 Å². The summed E-state index contributed by atoms with van der Waals surface area (Å²) < 4.78 is 25.5. The monoisotopic (exact) mass is 265 g/mol. The molecule has 1 aromatic carbocycles. The van der Waals surface area contributed by atoms with Crippen LogP contribution in [0.3, 0.4) is 0 Å². The molecule has 0 saturated carbocycles. The Morgan fingerprint density at radius 1 is 1.16 bits per heavy atom. The minimum atomic E-state index is -2.85. The molecule has 0 aromatic heterocycles. The maximum atomic E-state index is 12.8. The predicted octanol–water partition coefficient (Wildman–Crippen LogP) is 0.769. The molecule has 2 heterocycles. The van der Waals surface area contributed by atoms with Crippen molar-refractivity contribution in [1.82, 2.24) is 5.43 Å². The van der Waals surface area contributed by atoms with Crippen LogP contribution in [-0.4, -0.2) is 30.0 Å². The van der Waals surface area contributed by atoms with Gasteiger partial charge in [-0.25, -0.2) is 13.7 Å². The number of anilines is 1. The second kappa shape index (κ2) is 4.11. The maximum absolute atomic E-state index is 12.8.